The van der Waals surface area contributed by atoms with Gasteiger partial charge in [-0.3, -0.25) is 4.79 Å². The maximum Gasteiger partial charge on any atom is 0.276 e. The molecule has 0 bridgehead atoms. The molecule has 2 heterocycles. The molecule has 5 nitrogen and oxygen atoms in total. The van der Waals surface area contributed by atoms with Crippen molar-refractivity contribution in [1.82, 2.24) is 10.1 Å². The number of amides is 1. The lowest BCUT2D eigenvalue weighted by atomic mass is 9.99. The van der Waals surface area contributed by atoms with E-state index in [4.69, 9.17) is 9.63 Å². The summed E-state index contributed by atoms with van der Waals surface area (Å²) in [7, 11) is 0. The molecule has 0 spiro atoms. The minimum Gasteiger partial charge on any atom is -0.388 e. The van der Waals surface area contributed by atoms with Gasteiger partial charge in [0.2, 0.25) is 0 Å². The molecule has 0 saturated heterocycles. The van der Waals surface area contributed by atoms with Crippen molar-refractivity contribution in [2.75, 3.05) is 13.1 Å². The number of rotatable bonds is 3. The third-order valence-electron chi connectivity index (χ3n) is 3.65. The summed E-state index contributed by atoms with van der Waals surface area (Å²) >= 11 is 0. The van der Waals surface area contributed by atoms with Gasteiger partial charge in [-0.2, -0.15) is 0 Å². The minimum atomic E-state index is -0.294. The summed E-state index contributed by atoms with van der Waals surface area (Å²) in [6.45, 7) is 0.585. The van der Waals surface area contributed by atoms with Crippen LogP contribution in [0.1, 0.15) is 28.2 Å². The standard InChI is InChI=1S/C16H15FN2O3/c17-14-4-2-1-3-13(14)11-5-7-19(8-6-11)16(21)15-9-12(10-20)22-18-15/h1-5,9,20H,6-8,10H2. The second kappa shape index (κ2) is 6.11. The number of hydrogen-bond donors (Lipinski definition) is 1. The molecule has 6 heteroatoms. The average molecular weight is 302 g/mol. The van der Waals surface area contributed by atoms with Crippen LogP contribution in [0.15, 0.2) is 40.9 Å². The third kappa shape index (κ3) is 2.78. The van der Waals surface area contributed by atoms with E-state index in [-0.39, 0.29) is 29.8 Å². The van der Waals surface area contributed by atoms with Gasteiger partial charge >= 0.3 is 0 Å². The Bertz CT molecular complexity index is 724. The van der Waals surface area contributed by atoms with Crippen LogP contribution < -0.4 is 0 Å². The first-order valence-corrected chi connectivity index (χ1v) is 6.98. The largest absolute Gasteiger partial charge is 0.388 e. The Morgan fingerprint density at radius 1 is 1.41 bits per heavy atom. The van der Waals surface area contributed by atoms with E-state index in [1.807, 2.05) is 6.08 Å². The minimum absolute atomic E-state index is 0.173. The Balaban J connectivity index is 1.73. The number of aromatic nitrogens is 1. The Morgan fingerprint density at radius 2 is 2.23 bits per heavy atom. The summed E-state index contributed by atoms with van der Waals surface area (Å²) in [6, 6.07) is 8.05. The number of halogens is 1. The molecule has 0 unspecified atom stereocenters. The average Bonchev–Trinajstić information content (AvgIpc) is 3.04. The van der Waals surface area contributed by atoms with E-state index in [0.717, 1.165) is 5.57 Å². The van der Waals surface area contributed by atoms with Crippen LogP contribution in [-0.4, -0.2) is 34.2 Å². The quantitative estimate of drug-likeness (QED) is 0.944. The number of hydrogen-bond acceptors (Lipinski definition) is 4. The summed E-state index contributed by atoms with van der Waals surface area (Å²) in [6.07, 6.45) is 2.43. The molecule has 1 aliphatic heterocycles. The van der Waals surface area contributed by atoms with Gasteiger partial charge < -0.3 is 14.5 Å². The van der Waals surface area contributed by atoms with Crippen molar-refractivity contribution in [2.24, 2.45) is 0 Å². The van der Waals surface area contributed by atoms with Crippen molar-refractivity contribution in [3.63, 3.8) is 0 Å². The predicted octanol–water partition coefficient (Wildman–Crippen LogP) is 2.24. The fraction of sp³-hybridized carbons (Fsp3) is 0.250. The highest BCUT2D eigenvalue weighted by molar-refractivity contribution is 5.92. The molecule has 114 valence electrons. The zero-order chi connectivity index (χ0) is 15.5. The predicted molar refractivity (Wildman–Crippen MR) is 77.3 cm³/mol. The van der Waals surface area contributed by atoms with E-state index >= 15 is 0 Å². The number of carbonyl (C=O) groups is 1. The van der Waals surface area contributed by atoms with Gasteiger partial charge in [-0.25, -0.2) is 4.39 Å². The van der Waals surface area contributed by atoms with Crippen LogP contribution in [0.25, 0.3) is 5.57 Å². The monoisotopic (exact) mass is 302 g/mol. The van der Waals surface area contributed by atoms with Gasteiger partial charge in [0.25, 0.3) is 5.91 Å². The van der Waals surface area contributed by atoms with Gasteiger partial charge in [0.15, 0.2) is 11.5 Å². The lowest BCUT2D eigenvalue weighted by Gasteiger charge is -2.26. The van der Waals surface area contributed by atoms with Crippen LogP contribution in [0.4, 0.5) is 4.39 Å². The van der Waals surface area contributed by atoms with Crippen LogP contribution in [-0.2, 0) is 6.61 Å². The van der Waals surface area contributed by atoms with E-state index in [9.17, 15) is 9.18 Å². The van der Waals surface area contributed by atoms with Crippen molar-refractivity contribution in [1.29, 1.82) is 0 Å². The van der Waals surface area contributed by atoms with E-state index in [1.54, 1.807) is 23.1 Å². The highest BCUT2D eigenvalue weighted by Gasteiger charge is 2.22. The number of nitrogens with zero attached hydrogens (tertiary/aromatic N) is 2. The molecular weight excluding hydrogens is 287 g/mol. The zero-order valence-corrected chi connectivity index (χ0v) is 11.8. The van der Waals surface area contributed by atoms with E-state index in [0.29, 0.717) is 25.1 Å². The fourth-order valence-corrected chi connectivity index (χ4v) is 2.47. The Kier molecular flexibility index (Phi) is 4.02. The lowest BCUT2D eigenvalue weighted by Crippen LogP contribution is -2.34. The van der Waals surface area contributed by atoms with Gasteiger partial charge in [0, 0.05) is 24.7 Å². The highest BCUT2D eigenvalue weighted by Crippen LogP contribution is 2.25. The molecule has 0 fully saturated rings. The molecule has 1 aliphatic rings. The van der Waals surface area contributed by atoms with Crippen molar-refractivity contribution in [2.45, 2.75) is 13.0 Å². The molecule has 0 radical (unpaired) electrons. The summed E-state index contributed by atoms with van der Waals surface area (Å²) in [4.78, 5) is 13.9. The van der Waals surface area contributed by atoms with Crippen LogP contribution in [0, 0.1) is 5.82 Å². The first-order chi connectivity index (χ1) is 10.7. The van der Waals surface area contributed by atoms with Crippen molar-refractivity contribution >= 4 is 11.5 Å². The summed E-state index contributed by atoms with van der Waals surface area (Å²) < 4.78 is 18.6. The molecule has 0 atom stereocenters. The highest BCUT2D eigenvalue weighted by atomic mass is 19.1. The van der Waals surface area contributed by atoms with Crippen LogP contribution in [0.2, 0.25) is 0 Å². The van der Waals surface area contributed by atoms with Gasteiger partial charge in [0.1, 0.15) is 12.4 Å². The summed E-state index contributed by atoms with van der Waals surface area (Å²) in [5, 5.41) is 12.6. The van der Waals surface area contributed by atoms with Gasteiger partial charge in [-0.05, 0) is 18.1 Å². The van der Waals surface area contributed by atoms with E-state index in [1.165, 1.54) is 12.1 Å². The maximum atomic E-state index is 13.8. The molecule has 22 heavy (non-hydrogen) atoms. The Labute approximate surface area is 126 Å². The molecule has 2 aromatic rings. The number of aliphatic hydroxyl groups excluding tert-OH is 1. The summed E-state index contributed by atoms with van der Waals surface area (Å²) in [5.41, 5.74) is 1.66. The molecule has 3 rings (SSSR count). The molecule has 1 N–H and O–H groups in total. The van der Waals surface area contributed by atoms with Crippen molar-refractivity contribution < 1.29 is 18.8 Å². The second-order valence-corrected chi connectivity index (χ2v) is 5.05. The van der Waals surface area contributed by atoms with E-state index < -0.39 is 0 Å². The molecule has 1 amide bonds. The number of aliphatic hydroxyl groups is 1. The number of carbonyl (C=O) groups excluding carboxylic acids is 1. The fourth-order valence-electron chi connectivity index (χ4n) is 2.47. The molecule has 1 aromatic carbocycles. The summed E-state index contributed by atoms with van der Waals surface area (Å²) in [5.74, 6) is -0.257. The Morgan fingerprint density at radius 3 is 2.86 bits per heavy atom. The van der Waals surface area contributed by atoms with Crippen LogP contribution in [0.5, 0.6) is 0 Å². The second-order valence-electron chi connectivity index (χ2n) is 5.05. The molecule has 1 aromatic heterocycles. The third-order valence-corrected chi connectivity index (χ3v) is 3.65. The van der Waals surface area contributed by atoms with Crippen molar-refractivity contribution in [3.8, 4) is 0 Å². The SMILES string of the molecule is O=C(c1cc(CO)on1)N1CC=C(c2ccccc2F)CC1. The topological polar surface area (TPSA) is 66.6 Å². The molecule has 0 saturated carbocycles. The number of benzene rings is 1. The zero-order valence-electron chi connectivity index (χ0n) is 11.8. The lowest BCUT2D eigenvalue weighted by molar-refractivity contribution is 0.0762. The van der Waals surface area contributed by atoms with Crippen LogP contribution in [0.3, 0.4) is 0 Å². The Hall–Kier alpha value is -2.47. The molecule has 0 aliphatic carbocycles. The van der Waals surface area contributed by atoms with Gasteiger partial charge in [-0.15, -0.1) is 0 Å². The van der Waals surface area contributed by atoms with Crippen molar-refractivity contribution in [3.05, 3.63) is 59.2 Å². The molecular formula is C16H15FN2O3. The van der Waals surface area contributed by atoms with Gasteiger partial charge in [0.05, 0.1) is 0 Å². The normalized spacial score (nSPS) is 14.8. The smallest absolute Gasteiger partial charge is 0.276 e. The maximum absolute atomic E-state index is 13.8. The van der Waals surface area contributed by atoms with Gasteiger partial charge in [-0.1, -0.05) is 29.4 Å². The first-order valence-electron chi connectivity index (χ1n) is 6.98. The first kappa shape index (κ1) is 14.5. The van der Waals surface area contributed by atoms with Crippen LogP contribution >= 0.6 is 0 Å². The van der Waals surface area contributed by atoms with E-state index in [2.05, 4.69) is 5.16 Å².